The van der Waals surface area contributed by atoms with Gasteiger partial charge in [0.1, 0.15) is 0 Å². The van der Waals surface area contributed by atoms with Crippen LogP contribution in [-0.4, -0.2) is 43.9 Å². The fraction of sp³-hybridized carbons (Fsp3) is 0.875. The molecule has 0 amide bonds. The van der Waals surface area contributed by atoms with Crippen molar-refractivity contribution >= 4 is 43.9 Å². The Kier molecular flexibility index (Phi) is 26.6. The van der Waals surface area contributed by atoms with Crippen LogP contribution in [0.5, 0.6) is 0 Å². The van der Waals surface area contributed by atoms with E-state index < -0.39 is 43.9 Å². The Hall–Kier alpha value is -1.32. The first-order valence-electron chi connectivity index (χ1n) is 16.7. The predicted molar refractivity (Wildman–Crippen MR) is 164 cm³/mol. The van der Waals surface area contributed by atoms with E-state index in [-0.39, 0.29) is 25.7 Å². The monoisotopic (exact) mass is 692 g/mol. The van der Waals surface area contributed by atoms with Gasteiger partial charge in [0.2, 0.25) is 0 Å². The van der Waals surface area contributed by atoms with E-state index in [1.807, 2.05) is 0 Å². The van der Waals surface area contributed by atoms with Crippen molar-refractivity contribution in [1.82, 2.24) is 0 Å². The molecule has 240 valence electrons. The Morgan fingerprint density at radius 3 is 0.854 bits per heavy atom. The SMILES string of the molecule is CCCCCCCCCCCC(=O)[O][Sn]([O]C(=O)CCC)([O]C(=O)CCC)[O]C(=O)CCCCCCCCCCC. The van der Waals surface area contributed by atoms with E-state index in [2.05, 4.69) is 13.8 Å². The molecule has 0 aromatic carbocycles. The summed E-state index contributed by atoms with van der Waals surface area (Å²) in [6, 6.07) is 0. The molecule has 0 rings (SSSR count). The number of hydrogen-bond acceptors (Lipinski definition) is 8. The van der Waals surface area contributed by atoms with Gasteiger partial charge in [0.05, 0.1) is 0 Å². The standard InChI is InChI=1S/2C12H24O2.2C4H8O2.Sn/c2*1-2-3-4-5-6-7-8-9-10-11-12(13)14;2*1-2-3-4(5)6;/h2*2-11H2,1H3,(H,13,14);2*2-3H2,1H3,(H,5,6);/q;;;;+4/p-4. The summed E-state index contributed by atoms with van der Waals surface area (Å²) in [5, 5.41) is 0. The fourth-order valence-corrected chi connectivity index (χ4v) is 9.52. The Bertz CT molecular complexity index is 639. The van der Waals surface area contributed by atoms with Gasteiger partial charge in [-0.15, -0.1) is 0 Å². The first kappa shape index (κ1) is 39.7. The molecule has 0 aliphatic rings. The Labute approximate surface area is 256 Å². The maximum absolute atomic E-state index is 12.8. The molecule has 0 heterocycles. The van der Waals surface area contributed by atoms with Gasteiger partial charge in [-0.3, -0.25) is 0 Å². The first-order valence-corrected chi connectivity index (χ1v) is 21.4. The van der Waals surface area contributed by atoms with Crippen LogP contribution in [0, 0.1) is 0 Å². The van der Waals surface area contributed by atoms with E-state index in [0.717, 1.165) is 38.5 Å². The Morgan fingerprint density at radius 2 is 0.585 bits per heavy atom. The van der Waals surface area contributed by atoms with Crippen molar-refractivity contribution in [2.45, 2.75) is 182 Å². The first-order chi connectivity index (χ1) is 19.8. The van der Waals surface area contributed by atoms with Crippen molar-refractivity contribution in [2.24, 2.45) is 0 Å². The van der Waals surface area contributed by atoms with E-state index in [9.17, 15) is 19.2 Å². The van der Waals surface area contributed by atoms with Crippen molar-refractivity contribution in [3.05, 3.63) is 0 Å². The zero-order chi connectivity index (χ0) is 30.6. The summed E-state index contributed by atoms with van der Waals surface area (Å²) in [4.78, 5) is 50.6. The second kappa shape index (κ2) is 27.5. The van der Waals surface area contributed by atoms with Crippen molar-refractivity contribution < 1.29 is 31.5 Å². The van der Waals surface area contributed by atoms with Crippen LogP contribution >= 0.6 is 0 Å². The quantitative estimate of drug-likeness (QED) is 0.0592. The summed E-state index contributed by atoms with van der Waals surface area (Å²) >= 11 is -5.67. The number of carbonyl (C=O) groups excluding carboxylic acids is 4. The van der Waals surface area contributed by atoms with Crippen LogP contribution in [0.15, 0.2) is 0 Å². The zero-order valence-electron chi connectivity index (χ0n) is 26.7. The second-order valence-corrected chi connectivity index (χ2v) is 16.2. The van der Waals surface area contributed by atoms with Gasteiger partial charge in [-0.05, 0) is 0 Å². The normalized spacial score (nSPS) is 11.2. The second-order valence-electron chi connectivity index (χ2n) is 11.1. The minimum atomic E-state index is -5.67. The van der Waals surface area contributed by atoms with Crippen LogP contribution in [0.3, 0.4) is 0 Å². The topological polar surface area (TPSA) is 105 Å². The van der Waals surface area contributed by atoms with E-state index in [4.69, 9.17) is 12.3 Å². The van der Waals surface area contributed by atoms with Gasteiger partial charge in [-0.1, -0.05) is 13.8 Å². The van der Waals surface area contributed by atoms with E-state index in [0.29, 0.717) is 25.7 Å². The van der Waals surface area contributed by atoms with Gasteiger partial charge in [0.25, 0.3) is 0 Å². The molecule has 0 unspecified atom stereocenters. The molecule has 0 bridgehead atoms. The zero-order valence-corrected chi connectivity index (χ0v) is 29.6. The molecule has 0 atom stereocenters. The third-order valence-electron chi connectivity index (χ3n) is 6.83. The van der Waals surface area contributed by atoms with Crippen LogP contribution in [0.25, 0.3) is 0 Å². The summed E-state index contributed by atoms with van der Waals surface area (Å²) < 4.78 is 22.0. The molecule has 0 saturated heterocycles. The average molecular weight is 692 g/mol. The molecule has 8 nitrogen and oxygen atoms in total. The third kappa shape index (κ3) is 23.9. The summed E-state index contributed by atoms with van der Waals surface area (Å²) in [6.07, 6.45) is 20.9. The van der Waals surface area contributed by atoms with Gasteiger partial charge in [-0.2, -0.15) is 0 Å². The number of unbranched alkanes of at least 4 members (excludes halogenated alkanes) is 16. The molecule has 0 fully saturated rings. The fourth-order valence-electron chi connectivity index (χ4n) is 4.46. The molecule has 0 N–H and O–H groups in total. The molecule has 0 spiro atoms. The molecule has 9 heteroatoms. The molecule has 0 aliphatic heterocycles. The van der Waals surface area contributed by atoms with Crippen molar-refractivity contribution in [2.75, 3.05) is 0 Å². The van der Waals surface area contributed by atoms with Gasteiger partial charge in [0.15, 0.2) is 0 Å². The van der Waals surface area contributed by atoms with Crippen molar-refractivity contribution in [3.63, 3.8) is 0 Å². The van der Waals surface area contributed by atoms with Gasteiger partial charge in [0, 0.05) is 0 Å². The van der Waals surface area contributed by atoms with Crippen LogP contribution in [0.1, 0.15) is 182 Å². The average Bonchev–Trinajstić information content (AvgIpc) is 2.91. The molecule has 0 aromatic rings. The predicted octanol–water partition coefficient (Wildman–Crippen LogP) is 9.04. The van der Waals surface area contributed by atoms with E-state index in [1.165, 1.54) is 64.2 Å². The van der Waals surface area contributed by atoms with E-state index in [1.54, 1.807) is 13.8 Å². The van der Waals surface area contributed by atoms with Crippen LogP contribution < -0.4 is 0 Å². The molecule has 0 aliphatic carbocycles. The number of rotatable bonds is 28. The van der Waals surface area contributed by atoms with Crippen molar-refractivity contribution in [1.29, 1.82) is 0 Å². The van der Waals surface area contributed by atoms with Gasteiger partial charge >= 0.3 is 243 Å². The van der Waals surface area contributed by atoms with E-state index >= 15 is 0 Å². The summed E-state index contributed by atoms with van der Waals surface area (Å²) in [6.45, 7) is 8.00. The molecular weight excluding hydrogens is 631 g/mol. The number of hydrogen-bond donors (Lipinski definition) is 0. The molecule has 0 aromatic heterocycles. The van der Waals surface area contributed by atoms with Crippen LogP contribution in [0.4, 0.5) is 0 Å². The summed E-state index contributed by atoms with van der Waals surface area (Å²) in [5.74, 6) is -2.71. The Morgan fingerprint density at radius 1 is 0.341 bits per heavy atom. The Balaban J connectivity index is 5.02. The maximum atomic E-state index is 12.8. The molecule has 41 heavy (non-hydrogen) atoms. The number of carbonyl (C=O) groups is 4. The minimum absolute atomic E-state index is 0.0373. The summed E-state index contributed by atoms with van der Waals surface area (Å²) in [5.41, 5.74) is 0. The summed E-state index contributed by atoms with van der Waals surface area (Å²) in [7, 11) is 0. The van der Waals surface area contributed by atoms with Gasteiger partial charge in [-0.25, -0.2) is 0 Å². The minimum Gasteiger partial charge on any atom is -0.0654 e. The van der Waals surface area contributed by atoms with Crippen molar-refractivity contribution in [3.8, 4) is 0 Å². The molecule has 0 saturated carbocycles. The molecular formula is C32H60O8Sn. The van der Waals surface area contributed by atoms with Crippen LogP contribution in [0.2, 0.25) is 0 Å². The smallest absolute Gasteiger partial charge is 0.0654 e. The van der Waals surface area contributed by atoms with Crippen LogP contribution in [-0.2, 0) is 31.5 Å². The third-order valence-corrected chi connectivity index (χ3v) is 12.3. The van der Waals surface area contributed by atoms with Gasteiger partial charge < -0.3 is 0 Å². The molecule has 0 radical (unpaired) electrons.